The number of carbonyl (C=O) groups excluding carboxylic acids is 4. The normalized spacial score (nSPS) is 16.7. The van der Waals surface area contributed by atoms with Crippen molar-refractivity contribution in [2.45, 2.75) is 103 Å². The molecule has 4 aromatic rings. The zero-order valence-electron chi connectivity index (χ0n) is 38.0. The van der Waals surface area contributed by atoms with Crippen LogP contribution in [0, 0.1) is 18.3 Å². The maximum atomic E-state index is 15.0. The van der Waals surface area contributed by atoms with Crippen LogP contribution in [-0.4, -0.2) is 96.6 Å². The minimum absolute atomic E-state index is 0.0116. The van der Waals surface area contributed by atoms with Gasteiger partial charge >= 0.3 is 0 Å². The van der Waals surface area contributed by atoms with Gasteiger partial charge in [0.2, 0.25) is 23.6 Å². The third-order valence-corrected chi connectivity index (χ3v) is 11.6. The Labute approximate surface area is 380 Å². The number of aromatic nitrogens is 2. The smallest absolute Gasteiger partial charge is 0.262 e. The molecule has 4 amide bonds. The van der Waals surface area contributed by atoms with E-state index in [0.29, 0.717) is 50.5 Å². The lowest BCUT2D eigenvalue weighted by molar-refractivity contribution is -0.143. The van der Waals surface area contributed by atoms with Crippen LogP contribution in [0.15, 0.2) is 59.4 Å². The molecule has 0 spiro atoms. The molecule has 0 saturated heterocycles. The Morgan fingerprint density at radius 3 is 2.26 bits per heavy atom. The van der Waals surface area contributed by atoms with Gasteiger partial charge in [-0.05, 0) is 92.7 Å². The van der Waals surface area contributed by atoms with Crippen LogP contribution in [0.2, 0.25) is 0 Å². The highest BCUT2D eigenvalue weighted by molar-refractivity contribution is 5.95. The molecule has 348 valence electrons. The first kappa shape index (κ1) is 49.7. The van der Waals surface area contributed by atoms with Crippen LogP contribution in [0.5, 0.6) is 11.5 Å². The molecule has 0 unspecified atom stereocenters. The molecule has 17 heteroatoms. The Bertz CT molecular complexity index is 2410. The molecule has 0 radical (unpaired) electrons. The van der Waals surface area contributed by atoms with E-state index in [1.807, 2.05) is 18.2 Å². The highest BCUT2D eigenvalue weighted by atomic mass is 16.5. The number of nitrogens with two attached hydrogens (primary N) is 3. The summed E-state index contributed by atoms with van der Waals surface area (Å²) in [7, 11) is 1.46. The van der Waals surface area contributed by atoms with Gasteiger partial charge in [-0.15, -0.1) is 0 Å². The Hall–Kier alpha value is -6.35. The highest BCUT2D eigenvalue weighted by Gasteiger charge is 2.37. The Morgan fingerprint density at radius 1 is 0.908 bits per heavy atom. The van der Waals surface area contributed by atoms with Crippen LogP contribution in [0.25, 0.3) is 22.0 Å². The van der Waals surface area contributed by atoms with E-state index in [9.17, 15) is 24.4 Å². The van der Waals surface area contributed by atoms with Gasteiger partial charge < -0.3 is 47.5 Å². The number of unbranched alkanes of at least 4 members (excludes halogenated alkanes) is 5. The molecule has 1 aliphatic rings. The van der Waals surface area contributed by atoms with Crippen molar-refractivity contribution >= 4 is 34.5 Å². The summed E-state index contributed by atoms with van der Waals surface area (Å²) >= 11 is 0. The van der Waals surface area contributed by atoms with Crippen molar-refractivity contribution in [3.8, 4) is 28.7 Å². The van der Waals surface area contributed by atoms with Gasteiger partial charge in [-0.1, -0.05) is 57.2 Å². The third-order valence-electron chi connectivity index (χ3n) is 11.6. The second-order valence-corrected chi connectivity index (χ2v) is 16.4. The van der Waals surface area contributed by atoms with Crippen LogP contribution in [0.1, 0.15) is 93.4 Å². The topological polar surface area (TPSA) is 263 Å². The number of nitrogens with zero attached hydrogens (tertiary/aromatic N) is 4. The summed E-state index contributed by atoms with van der Waals surface area (Å²) in [5.41, 5.74) is 21.0. The van der Waals surface area contributed by atoms with Gasteiger partial charge in [0.1, 0.15) is 61.2 Å². The first-order valence-corrected chi connectivity index (χ1v) is 22.5. The van der Waals surface area contributed by atoms with Crippen LogP contribution in [-0.2, 0) is 32.0 Å². The number of hydrogen-bond donors (Lipinski definition) is 6. The fraction of sp³-hybridized carbons (Fsp3) is 0.479. The molecule has 17 nitrogen and oxygen atoms in total. The highest BCUT2D eigenvalue weighted by Crippen LogP contribution is 2.40. The second-order valence-electron chi connectivity index (χ2n) is 16.4. The van der Waals surface area contributed by atoms with E-state index in [-0.39, 0.29) is 52.2 Å². The van der Waals surface area contributed by atoms with E-state index < -0.39 is 53.4 Å². The van der Waals surface area contributed by atoms with Crippen LogP contribution >= 0.6 is 0 Å². The lowest BCUT2D eigenvalue weighted by atomic mass is 9.93. The van der Waals surface area contributed by atoms with Gasteiger partial charge in [0.05, 0.1) is 17.0 Å². The van der Waals surface area contributed by atoms with E-state index in [4.69, 9.17) is 31.7 Å². The summed E-state index contributed by atoms with van der Waals surface area (Å²) in [6, 6.07) is 12.9. The van der Waals surface area contributed by atoms with Gasteiger partial charge in [0.25, 0.3) is 5.56 Å². The summed E-state index contributed by atoms with van der Waals surface area (Å²) in [5.74, 6) is -1.53. The largest absolute Gasteiger partial charge is 0.492 e. The molecule has 0 fully saturated rings. The number of aryl methyl sites for hydroxylation is 2. The lowest BCUT2D eigenvalue weighted by Crippen LogP contribution is -2.55. The molecule has 4 bridgehead atoms. The van der Waals surface area contributed by atoms with Crippen molar-refractivity contribution in [1.82, 2.24) is 30.4 Å². The first-order chi connectivity index (χ1) is 31.4. The molecule has 9 N–H and O–H groups in total. The van der Waals surface area contributed by atoms with E-state index in [1.165, 1.54) is 49.1 Å². The maximum Gasteiger partial charge on any atom is 0.262 e. The quantitative estimate of drug-likeness (QED) is 0.0552. The van der Waals surface area contributed by atoms with Gasteiger partial charge in [0, 0.05) is 37.7 Å². The predicted molar refractivity (Wildman–Crippen MR) is 249 cm³/mol. The number of rotatable bonds is 20. The molecular formula is C48H64N10O7. The monoisotopic (exact) mass is 892 g/mol. The molecule has 0 saturated carbocycles. The minimum atomic E-state index is -1.39. The maximum absolute atomic E-state index is 15.0. The van der Waals surface area contributed by atoms with E-state index in [0.717, 1.165) is 24.8 Å². The lowest BCUT2D eigenvalue weighted by Gasteiger charge is -2.33. The SMILES string of the molecule is CCCCCCCCc1ccc2c(=O)n([C@@H](CCN)C(=O)N(C)[C@@H]3C(=O)N[C@@H](C)C(=O)N[C@H](C(=O)NCC#N)Cc4ccc(OCCN)c(c4)-c4cc3ccc4OCCN)c(C)nc2c1. The van der Waals surface area contributed by atoms with Gasteiger partial charge in [-0.3, -0.25) is 28.5 Å². The molecule has 1 aliphatic heterocycles. The first-order valence-electron chi connectivity index (χ1n) is 22.5. The molecule has 0 aliphatic carbocycles. The average molecular weight is 893 g/mol. The molecule has 65 heavy (non-hydrogen) atoms. The van der Waals surface area contributed by atoms with Crippen molar-refractivity contribution in [2.75, 3.05) is 46.4 Å². The Kier molecular flexibility index (Phi) is 18.4. The summed E-state index contributed by atoms with van der Waals surface area (Å²) in [6.07, 6.45) is 7.91. The average Bonchev–Trinajstić information content (AvgIpc) is 3.29. The van der Waals surface area contributed by atoms with Crippen molar-refractivity contribution in [2.24, 2.45) is 17.2 Å². The predicted octanol–water partition coefficient (Wildman–Crippen LogP) is 3.22. The van der Waals surface area contributed by atoms with Crippen molar-refractivity contribution in [3.05, 3.63) is 87.5 Å². The van der Waals surface area contributed by atoms with E-state index in [2.05, 4.69) is 22.9 Å². The molecule has 1 aromatic heterocycles. The molecular weight excluding hydrogens is 829 g/mol. The summed E-state index contributed by atoms with van der Waals surface area (Å²) in [4.78, 5) is 77.3. The van der Waals surface area contributed by atoms with E-state index >= 15 is 4.79 Å². The van der Waals surface area contributed by atoms with E-state index in [1.54, 1.807) is 49.4 Å². The van der Waals surface area contributed by atoms with Gasteiger partial charge in [-0.2, -0.15) is 5.26 Å². The summed E-state index contributed by atoms with van der Waals surface area (Å²) < 4.78 is 13.6. The van der Waals surface area contributed by atoms with Gasteiger partial charge in [-0.25, -0.2) is 4.98 Å². The van der Waals surface area contributed by atoms with Crippen molar-refractivity contribution in [1.29, 1.82) is 5.26 Å². The number of hydrogen-bond acceptors (Lipinski definition) is 12. The number of ether oxygens (including phenoxy) is 2. The second kappa shape index (κ2) is 24.1. The Morgan fingerprint density at radius 2 is 1.58 bits per heavy atom. The molecule has 3 aromatic carbocycles. The summed E-state index contributed by atoms with van der Waals surface area (Å²) in [6.45, 7) is 5.77. The van der Waals surface area contributed by atoms with Crippen LogP contribution in [0.3, 0.4) is 0 Å². The number of amides is 4. The molecule has 5 rings (SSSR count). The number of fused-ring (bicyclic) bond motifs is 6. The number of nitrogens with one attached hydrogen (secondary N) is 3. The van der Waals surface area contributed by atoms with Crippen LogP contribution < -0.4 is 48.2 Å². The standard InChI is InChI=1S/C48H64N10O7/c1-5-6-7-8-9-10-11-32-12-15-35-38(27-32)55-31(3)58(47(35)62)40(18-19-49)48(63)57(4)43-34-14-17-42(65-25-22-52)37(29-34)36-26-33(13-16-41(36)64-24-21-51)28-39(45(60)53-23-20-50)56-44(59)30(2)54-46(43)61/h12-17,26-27,29-30,39-40,43H,5-11,18-19,21-25,28,49,51-52H2,1-4H3,(H,53,60)(H,54,61)(H,56,59)/t30-,39-,40-,43-/m0/s1. The number of likely N-dealkylation sites (N-methyl/N-ethyl adjacent to an activating group) is 1. The third kappa shape index (κ3) is 12.5. The number of nitriles is 1. The zero-order valence-corrected chi connectivity index (χ0v) is 38.0. The number of carbonyl (C=O) groups is 4. The molecule has 2 heterocycles. The van der Waals surface area contributed by atoms with Crippen molar-refractivity contribution < 1.29 is 28.7 Å². The fourth-order valence-corrected chi connectivity index (χ4v) is 8.20. The Balaban J connectivity index is 1.62. The minimum Gasteiger partial charge on any atom is -0.492 e. The van der Waals surface area contributed by atoms with Crippen LogP contribution in [0.4, 0.5) is 0 Å². The number of benzene rings is 3. The summed E-state index contributed by atoms with van der Waals surface area (Å²) in [5, 5.41) is 17.5. The zero-order chi connectivity index (χ0) is 47.0. The van der Waals surface area contributed by atoms with Gasteiger partial charge in [0.15, 0.2) is 0 Å². The van der Waals surface area contributed by atoms with Crippen molar-refractivity contribution in [3.63, 3.8) is 0 Å². The molecule has 4 atom stereocenters. The fourth-order valence-electron chi connectivity index (χ4n) is 8.20.